The highest BCUT2D eigenvalue weighted by molar-refractivity contribution is 5.85. The van der Waals surface area contributed by atoms with Crippen molar-refractivity contribution >= 4 is 24.2 Å². The SMILES string of the molecule is C=N/C(=N\C=C(/C)c1nnc(CC(=O)N2CCc3[nH]nnc3C2)o1)NC1CC2CCCCC2C1. The number of nitrogens with one attached hydrogen (secondary N) is 2. The first-order valence-corrected chi connectivity index (χ1v) is 12.1. The van der Waals surface area contributed by atoms with Crippen molar-refractivity contribution in [2.24, 2.45) is 21.8 Å². The Kier molecular flexibility index (Phi) is 6.50. The predicted octanol–water partition coefficient (Wildman–Crippen LogP) is 2.29. The van der Waals surface area contributed by atoms with Crippen molar-refractivity contribution in [3.8, 4) is 0 Å². The zero-order chi connectivity index (χ0) is 23.5. The molecule has 180 valence electrons. The van der Waals surface area contributed by atoms with Gasteiger partial charge in [-0.25, -0.2) is 9.98 Å². The molecule has 5 rings (SSSR count). The average molecular weight is 466 g/mol. The van der Waals surface area contributed by atoms with E-state index >= 15 is 0 Å². The van der Waals surface area contributed by atoms with Gasteiger partial charge in [0.1, 0.15) is 12.1 Å². The average Bonchev–Trinajstić information content (AvgIpc) is 3.60. The lowest BCUT2D eigenvalue weighted by molar-refractivity contribution is -0.131. The van der Waals surface area contributed by atoms with Crippen LogP contribution in [0.3, 0.4) is 0 Å². The van der Waals surface area contributed by atoms with Crippen molar-refractivity contribution in [1.82, 2.24) is 35.8 Å². The molecule has 2 fully saturated rings. The minimum Gasteiger partial charge on any atom is -0.420 e. The summed E-state index contributed by atoms with van der Waals surface area (Å²) >= 11 is 0. The summed E-state index contributed by atoms with van der Waals surface area (Å²) in [5, 5.41) is 22.3. The Morgan fingerprint density at radius 3 is 2.82 bits per heavy atom. The van der Waals surface area contributed by atoms with Gasteiger partial charge in [-0.1, -0.05) is 30.9 Å². The minimum absolute atomic E-state index is 0.0434. The van der Waals surface area contributed by atoms with Gasteiger partial charge in [0.2, 0.25) is 23.6 Å². The molecule has 0 spiro atoms. The molecule has 2 aliphatic carbocycles. The molecule has 0 radical (unpaired) electrons. The first-order chi connectivity index (χ1) is 16.6. The highest BCUT2D eigenvalue weighted by Crippen LogP contribution is 2.42. The van der Waals surface area contributed by atoms with Crippen LogP contribution in [0.15, 0.2) is 20.6 Å². The van der Waals surface area contributed by atoms with E-state index in [1.54, 1.807) is 11.1 Å². The fraction of sp³-hybridized carbons (Fsp3) is 0.609. The van der Waals surface area contributed by atoms with E-state index < -0.39 is 0 Å². The third-order valence-electron chi connectivity index (χ3n) is 7.24. The Bertz CT molecular complexity index is 1090. The predicted molar refractivity (Wildman–Crippen MR) is 126 cm³/mol. The third-order valence-corrected chi connectivity index (χ3v) is 7.24. The number of guanidine groups is 1. The van der Waals surface area contributed by atoms with Crippen LogP contribution >= 0.6 is 0 Å². The van der Waals surface area contributed by atoms with E-state index in [1.807, 2.05) is 6.92 Å². The van der Waals surface area contributed by atoms with E-state index in [0.717, 1.165) is 23.2 Å². The van der Waals surface area contributed by atoms with Gasteiger partial charge in [0, 0.05) is 30.8 Å². The number of hydrogen-bond acceptors (Lipinski definition) is 7. The van der Waals surface area contributed by atoms with Crippen LogP contribution in [0.5, 0.6) is 0 Å². The number of nitrogens with zero attached hydrogens (tertiary/aromatic N) is 7. The van der Waals surface area contributed by atoms with Gasteiger partial charge in [0.15, 0.2) is 0 Å². The molecule has 11 nitrogen and oxygen atoms in total. The van der Waals surface area contributed by atoms with Crippen LogP contribution in [-0.4, -0.2) is 61.7 Å². The van der Waals surface area contributed by atoms with Crippen molar-refractivity contribution in [3.63, 3.8) is 0 Å². The zero-order valence-electron chi connectivity index (χ0n) is 19.5. The van der Waals surface area contributed by atoms with Gasteiger partial charge in [0.05, 0.1) is 12.2 Å². The number of fused-ring (bicyclic) bond motifs is 2. The van der Waals surface area contributed by atoms with Crippen LogP contribution in [0.2, 0.25) is 0 Å². The largest absolute Gasteiger partial charge is 0.420 e. The molecule has 2 N–H and O–H groups in total. The second-order valence-electron chi connectivity index (χ2n) is 9.52. The summed E-state index contributed by atoms with van der Waals surface area (Å²) in [5.41, 5.74) is 2.48. The molecule has 0 saturated heterocycles. The number of H-pyrrole nitrogens is 1. The second-order valence-corrected chi connectivity index (χ2v) is 9.52. The quantitative estimate of drug-likeness (QED) is 0.510. The molecule has 2 unspecified atom stereocenters. The molecule has 2 saturated carbocycles. The number of hydrogen-bond donors (Lipinski definition) is 2. The Morgan fingerprint density at radius 1 is 1.26 bits per heavy atom. The maximum Gasteiger partial charge on any atom is 0.245 e. The monoisotopic (exact) mass is 465 g/mol. The number of allylic oxidation sites excluding steroid dienone is 1. The molecule has 3 heterocycles. The maximum absolute atomic E-state index is 12.7. The molecule has 2 atom stereocenters. The van der Waals surface area contributed by atoms with E-state index in [9.17, 15) is 4.79 Å². The second kappa shape index (κ2) is 9.86. The molecule has 0 bridgehead atoms. The van der Waals surface area contributed by atoms with Crippen LogP contribution in [-0.2, 0) is 24.2 Å². The number of carbonyl (C=O) groups excluding carboxylic acids is 1. The third kappa shape index (κ3) is 4.92. The highest BCUT2D eigenvalue weighted by Gasteiger charge is 2.35. The number of amides is 1. The molecule has 34 heavy (non-hydrogen) atoms. The van der Waals surface area contributed by atoms with Gasteiger partial charge in [-0.05, 0) is 38.3 Å². The van der Waals surface area contributed by atoms with Gasteiger partial charge in [-0.15, -0.1) is 15.3 Å². The molecule has 1 aliphatic heterocycles. The van der Waals surface area contributed by atoms with Crippen molar-refractivity contribution in [2.45, 2.75) is 70.9 Å². The van der Waals surface area contributed by atoms with E-state index in [2.05, 4.69) is 47.6 Å². The number of aromatic amines is 1. The number of rotatable bonds is 5. The van der Waals surface area contributed by atoms with Gasteiger partial charge in [-0.3, -0.25) is 9.89 Å². The number of aromatic nitrogens is 5. The van der Waals surface area contributed by atoms with Gasteiger partial charge >= 0.3 is 0 Å². The lowest BCUT2D eigenvalue weighted by Gasteiger charge is -2.25. The lowest BCUT2D eigenvalue weighted by atomic mass is 9.82. The first kappa shape index (κ1) is 22.4. The summed E-state index contributed by atoms with van der Waals surface area (Å²) in [6.07, 6.45) is 10.2. The molecular weight excluding hydrogens is 434 g/mol. The molecule has 11 heteroatoms. The van der Waals surface area contributed by atoms with E-state index in [-0.39, 0.29) is 18.2 Å². The molecule has 0 aromatic carbocycles. The first-order valence-electron chi connectivity index (χ1n) is 12.1. The van der Waals surface area contributed by atoms with E-state index in [0.29, 0.717) is 43.0 Å². The Balaban J connectivity index is 1.17. The van der Waals surface area contributed by atoms with Gasteiger partial charge in [0.25, 0.3) is 0 Å². The van der Waals surface area contributed by atoms with E-state index in [4.69, 9.17) is 4.42 Å². The molecule has 3 aliphatic rings. The molecular formula is C23H31N9O2. The Labute approximate surface area is 198 Å². The summed E-state index contributed by atoms with van der Waals surface area (Å²) in [6.45, 7) is 6.54. The fourth-order valence-electron chi connectivity index (χ4n) is 5.41. The summed E-state index contributed by atoms with van der Waals surface area (Å²) in [4.78, 5) is 22.9. The smallest absolute Gasteiger partial charge is 0.245 e. The Hall–Kier alpha value is -3.37. The van der Waals surface area contributed by atoms with Crippen LogP contribution in [0.25, 0.3) is 5.57 Å². The van der Waals surface area contributed by atoms with Crippen molar-refractivity contribution in [2.75, 3.05) is 6.54 Å². The lowest BCUT2D eigenvalue weighted by Crippen LogP contribution is -2.37. The Morgan fingerprint density at radius 2 is 2.06 bits per heavy atom. The van der Waals surface area contributed by atoms with Crippen LogP contribution in [0, 0.1) is 11.8 Å². The summed E-state index contributed by atoms with van der Waals surface area (Å²) in [7, 11) is 0. The summed E-state index contributed by atoms with van der Waals surface area (Å²) in [6, 6.07) is 0.398. The topological polar surface area (TPSA) is 138 Å². The van der Waals surface area contributed by atoms with E-state index in [1.165, 1.54) is 38.5 Å². The van der Waals surface area contributed by atoms with Crippen LogP contribution in [0.4, 0.5) is 0 Å². The van der Waals surface area contributed by atoms with Crippen molar-refractivity contribution in [3.05, 3.63) is 29.4 Å². The molecule has 2 aromatic rings. The van der Waals surface area contributed by atoms with Crippen LogP contribution in [0.1, 0.15) is 68.6 Å². The zero-order valence-corrected chi connectivity index (χ0v) is 19.5. The summed E-state index contributed by atoms with van der Waals surface area (Å²) in [5.74, 6) is 2.70. The van der Waals surface area contributed by atoms with Gasteiger partial charge in [-0.2, -0.15) is 0 Å². The van der Waals surface area contributed by atoms with Crippen LogP contribution < -0.4 is 5.32 Å². The molecule has 2 aromatic heterocycles. The van der Waals surface area contributed by atoms with Gasteiger partial charge < -0.3 is 14.6 Å². The minimum atomic E-state index is -0.0806. The number of carbonyl (C=O) groups is 1. The molecule has 1 amide bonds. The fourth-order valence-corrected chi connectivity index (χ4v) is 5.41. The maximum atomic E-state index is 12.7. The van der Waals surface area contributed by atoms with Crippen molar-refractivity contribution in [1.29, 1.82) is 0 Å². The normalized spacial score (nSPS) is 25.1. The summed E-state index contributed by atoms with van der Waals surface area (Å²) < 4.78 is 5.72. The standard InChI is InChI=1S/C23H31N9O2/c1-14(12-25-23(24-2)26-17-9-15-5-3-4-6-16(15)10-17)22-30-29-20(34-22)11-21(33)32-8-7-18-19(13-32)28-31-27-18/h12,15-17H,2-11,13H2,1H3,(H,25,26)(H,27,28,31)/b14-12+. The van der Waals surface area contributed by atoms with Crippen molar-refractivity contribution < 1.29 is 9.21 Å². The highest BCUT2D eigenvalue weighted by atomic mass is 16.4. The number of aliphatic imine (C=N–C) groups is 2.